The molecule has 14 heavy (non-hydrogen) atoms. The zero-order valence-electron chi connectivity index (χ0n) is 7.36. The Morgan fingerprint density at radius 1 is 0.786 bits per heavy atom. The van der Waals surface area contributed by atoms with Gasteiger partial charge in [-0.05, 0) is 0 Å². The molecule has 0 radical (unpaired) electrons. The van der Waals surface area contributed by atoms with Crippen LogP contribution in [0.2, 0.25) is 0 Å². The van der Waals surface area contributed by atoms with E-state index in [1.54, 1.807) is 22.6 Å². The average molecular weight is 322 g/mol. The molecule has 1 unspecified atom stereocenters. The van der Waals surface area contributed by atoms with Crippen LogP contribution >= 0.6 is 22.6 Å². The van der Waals surface area contributed by atoms with E-state index in [0.717, 1.165) is 0 Å². The van der Waals surface area contributed by atoms with E-state index in [1.807, 2.05) is 0 Å². The molecule has 0 saturated heterocycles. The van der Waals surface area contributed by atoms with Crippen LogP contribution in [0.1, 0.15) is 0 Å². The molecule has 0 rings (SSSR count). The van der Waals surface area contributed by atoms with E-state index in [4.69, 9.17) is 20.4 Å². The van der Waals surface area contributed by atoms with E-state index in [-0.39, 0.29) is 4.43 Å². The van der Waals surface area contributed by atoms with Crippen molar-refractivity contribution in [1.29, 1.82) is 0 Å². The molecule has 86 valence electrons. The fraction of sp³-hybridized carbons (Fsp3) is 1.00. The Bertz CT molecular complexity index is 141. The number of alkyl halides is 1. The highest BCUT2D eigenvalue weighted by molar-refractivity contribution is 14.1. The van der Waals surface area contributed by atoms with Crippen LogP contribution in [0.15, 0.2) is 0 Å². The van der Waals surface area contributed by atoms with E-state index in [9.17, 15) is 10.2 Å². The summed E-state index contributed by atoms with van der Waals surface area (Å²) in [5.41, 5.74) is 0. The first kappa shape index (κ1) is 14.5. The van der Waals surface area contributed by atoms with Gasteiger partial charge in [0.25, 0.3) is 0 Å². The Hall–Kier alpha value is 0.490. The molecule has 0 amide bonds. The molecule has 0 aromatic heterocycles. The normalized spacial score (nSPS) is 22.5. The molecule has 0 aromatic rings. The Morgan fingerprint density at radius 3 is 1.57 bits per heavy atom. The molecule has 0 aliphatic carbocycles. The highest BCUT2D eigenvalue weighted by Gasteiger charge is 2.33. The lowest BCUT2D eigenvalue weighted by Crippen LogP contribution is -2.50. The smallest absolute Gasteiger partial charge is 0.111 e. The maximum atomic E-state index is 9.25. The molecule has 0 bridgehead atoms. The standard InChI is InChI=1S/C7H15IO6/c8-1-3(10)5(12)7(14)6(13)4(11)2-9/h3-7,9-14H,1-2H2/t3?,4-,5-,6-,7-/m1/s1. The Morgan fingerprint density at radius 2 is 1.21 bits per heavy atom. The summed E-state index contributed by atoms with van der Waals surface area (Å²) in [6, 6.07) is 0. The molecule has 6 nitrogen and oxygen atoms in total. The van der Waals surface area contributed by atoms with E-state index >= 15 is 0 Å². The van der Waals surface area contributed by atoms with Crippen LogP contribution in [0.3, 0.4) is 0 Å². The minimum atomic E-state index is -1.69. The number of rotatable bonds is 6. The van der Waals surface area contributed by atoms with Crippen molar-refractivity contribution < 1.29 is 30.6 Å². The third-order valence-corrected chi connectivity index (χ3v) is 2.74. The monoisotopic (exact) mass is 322 g/mol. The number of hydrogen-bond acceptors (Lipinski definition) is 6. The second kappa shape index (κ2) is 6.88. The van der Waals surface area contributed by atoms with Crippen molar-refractivity contribution in [3.63, 3.8) is 0 Å². The largest absolute Gasteiger partial charge is 0.394 e. The van der Waals surface area contributed by atoms with Crippen LogP contribution in [0.25, 0.3) is 0 Å². The van der Waals surface area contributed by atoms with Gasteiger partial charge in [-0.2, -0.15) is 0 Å². The van der Waals surface area contributed by atoms with Crippen LogP contribution in [0.4, 0.5) is 0 Å². The van der Waals surface area contributed by atoms with Gasteiger partial charge in [0, 0.05) is 4.43 Å². The molecule has 0 heterocycles. The fourth-order valence-corrected chi connectivity index (χ4v) is 1.38. The summed E-state index contributed by atoms with van der Waals surface area (Å²) in [4.78, 5) is 0. The van der Waals surface area contributed by atoms with Crippen molar-refractivity contribution in [2.75, 3.05) is 11.0 Å². The Balaban J connectivity index is 4.22. The van der Waals surface area contributed by atoms with Crippen LogP contribution in [-0.4, -0.2) is 72.2 Å². The summed E-state index contributed by atoms with van der Waals surface area (Å²) >= 11 is 1.80. The fourth-order valence-electron chi connectivity index (χ4n) is 0.857. The molecule has 0 aromatic carbocycles. The molecular formula is C7H15IO6. The minimum absolute atomic E-state index is 0.178. The minimum Gasteiger partial charge on any atom is -0.394 e. The molecule has 6 N–H and O–H groups in total. The van der Waals surface area contributed by atoms with Crippen molar-refractivity contribution in [1.82, 2.24) is 0 Å². The van der Waals surface area contributed by atoms with Gasteiger partial charge in [0.05, 0.1) is 12.7 Å². The first-order chi connectivity index (χ1) is 6.45. The summed E-state index contributed by atoms with van der Waals surface area (Å²) in [5, 5.41) is 54.2. The molecule has 7 heteroatoms. The van der Waals surface area contributed by atoms with Gasteiger partial charge in [-0.1, -0.05) is 22.6 Å². The van der Waals surface area contributed by atoms with Crippen molar-refractivity contribution in [3.8, 4) is 0 Å². The maximum Gasteiger partial charge on any atom is 0.111 e. The molecule has 0 saturated carbocycles. The topological polar surface area (TPSA) is 121 Å². The first-order valence-electron chi connectivity index (χ1n) is 4.02. The highest BCUT2D eigenvalue weighted by atomic mass is 127. The Labute approximate surface area is 95.0 Å². The number of aliphatic hydroxyl groups is 6. The molecule has 0 aliphatic rings. The highest BCUT2D eigenvalue weighted by Crippen LogP contribution is 2.09. The second-order valence-corrected chi connectivity index (χ2v) is 3.82. The van der Waals surface area contributed by atoms with Crippen LogP contribution in [0, 0.1) is 0 Å². The lowest BCUT2D eigenvalue weighted by atomic mass is 10.0. The van der Waals surface area contributed by atoms with Crippen LogP contribution < -0.4 is 0 Å². The summed E-state index contributed by atoms with van der Waals surface area (Å²) < 4.78 is 0.178. The van der Waals surface area contributed by atoms with Gasteiger partial charge < -0.3 is 30.6 Å². The van der Waals surface area contributed by atoms with Gasteiger partial charge >= 0.3 is 0 Å². The second-order valence-electron chi connectivity index (χ2n) is 2.94. The van der Waals surface area contributed by atoms with Crippen molar-refractivity contribution in [2.45, 2.75) is 30.5 Å². The summed E-state index contributed by atoms with van der Waals surface area (Å²) in [6.07, 6.45) is -7.66. The van der Waals surface area contributed by atoms with Gasteiger partial charge in [-0.15, -0.1) is 0 Å². The van der Waals surface area contributed by atoms with Crippen molar-refractivity contribution in [2.24, 2.45) is 0 Å². The summed E-state index contributed by atoms with van der Waals surface area (Å²) in [7, 11) is 0. The van der Waals surface area contributed by atoms with E-state index < -0.39 is 37.1 Å². The van der Waals surface area contributed by atoms with Crippen molar-refractivity contribution in [3.05, 3.63) is 0 Å². The number of hydrogen-bond donors (Lipinski definition) is 6. The SMILES string of the molecule is OC[C@@H](O)[C@@H](O)[C@H](O)[C@H](O)C(O)CI. The van der Waals surface area contributed by atoms with E-state index in [1.165, 1.54) is 0 Å². The number of aliphatic hydroxyl groups excluding tert-OH is 6. The third-order valence-electron chi connectivity index (χ3n) is 1.83. The number of halogens is 1. The molecular weight excluding hydrogens is 307 g/mol. The lowest BCUT2D eigenvalue weighted by Gasteiger charge is -2.27. The molecule has 0 aliphatic heterocycles. The average Bonchev–Trinajstić information content (AvgIpc) is 2.23. The zero-order valence-corrected chi connectivity index (χ0v) is 9.52. The predicted molar refractivity (Wildman–Crippen MR) is 56.0 cm³/mol. The van der Waals surface area contributed by atoms with E-state index in [2.05, 4.69) is 0 Å². The quantitative estimate of drug-likeness (QED) is 0.232. The zero-order chi connectivity index (χ0) is 11.3. The predicted octanol–water partition coefficient (Wildman–Crippen LogP) is -2.78. The van der Waals surface area contributed by atoms with Gasteiger partial charge in [0.1, 0.15) is 24.4 Å². The van der Waals surface area contributed by atoms with Gasteiger partial charge in [-0.3, -0.25) is 0 Å². The third kappa shape index (κ3) is 3.93. The Kier molecular flexibility index (Phi) is 7.12. The maximum absolute atomic E-state index is 9.25. The van der Waals surface area contributed by atoms with Gasteiger partial charge in [-0.25, -0.2) is 0 Å². The van der Waals surface area contributed by atoms with Crippen LogP contribution in [0.5, 0.6) is 0 Å². The van der Waals surface area contributed by atoms with Crippen LogP contribution in [-0.2, 0) is 0 Å². The van der Waals surface area contributed by atoms with Crippen molar-refractivity contribution >= 4 is 22.6 Å². The summed E-state index contributed by atoms with van der Waals surface area (Å²) in [6.45, 7) is -0.731. The molecule has 0 spiro atoms. The van der Waals surface area contributed by atoms with E-state index in [0.29, 0.717) is 0 Å². The molecule has 5 atom stereocenters. The summed E-state index contributed by atoms with van der Waals surface area (Å²) in [5.74, 6) is 0. The molecule has 0 fully saturated rings. The lowest BCUT2D eigenvalue weighted by molar-refractivity contribution is -0.136. The van der Waals surface area contributed by atoms with Gasteiger partial charge in [0.15, 0.2) is 0 Å². The first-order valence-corrected chi connectivity index (χ1v) is 5.55. The van der Waals surface area contributed by atoms with Gasteiger partial charge in [0.2, 0.25) is 0 Å².